The summed E-state index contributed by atoms with van der Waals surface area (Å²) >= 11 is 0. The lowest BCUT2D eigenvalue weighted by atomic mass is 9.99. The van der Waals surface area contributed by atoms with Crippen molar-refractivity contribution < 1.29 is 17.9 Å². The van der Waals surface area contributed by atoms with Gasteiger partial charge in [-0.25, -0.2) is 8.42 Å². The first kappa shape index (κ1) is 17.3. The van der Waals surface area contributed by atoms with Crippen LogP contribution in [-0.4, -0.2) is 39.0 Å². The van der Waals surface area contributed by atoms with Crippen LogP contribution in [0.4, 0.5) is 0 Å². The summed E-state index contributed by atoms with van der Waals surface area (Å²) in [6.07, 6.45) is 1.66. The Morgan fingerprint density at radius 2 is 1.72 bits per heavy atom. The van der Waals surface area contributed by atoms with Crippen LogP contribution in [0, 0.1) is 0 Å². The highest BCUT2D eigenvalue weighted by Gasteiger charge is 2.34. The molecule has 6 nitrogen and oxygen atoms in total. The Kier molecular flexibility index (Phi) is 4.67. The number of sulfonamides is 1. The Morgan fingerprint density at radius 3 is 2.32 bits per heavy atom. The summed E-state index contributed by atoms with van der Waals surface area (Å²) in [6, 6.07) is 14.5. The average molecular weight is 360 g/mol. The van der Waals surface area contributed by atoms with Crippen molar-refractivity contribution in [3.63, 3.8) is 0 Å². The van der Waals surface area contributed by atoms with Crippen molar-refractivity contribution in [1.82, 2.24) is 4.41 Å². The maximum absolute atomic E-state index is 12.2. The molecule has 0 fully saturated rings. The Hall–Kier alpha value is -2.54. The molecular formula is C18H20N2O4S. The second kappa shape index (κ2) is 6.76. The summed E-state index contributed by atoms with van der Waals surface area (Å²) in [7, 11) is -0.298. The minimum absolute atomic E-state index is 0.373. The van der Waals surface area contributed by atoms with Crippen LogP contribution in [0.5, 0.6) is 11.5 Å². The highest BCUT2D eigenvalue weighted by molar-refractivity contribution is 7.88. The third-order valence-electron chi connectivity index (χ3n) is 4.12. The van der Waals surface area contributed by atoms with Gasteiger partial charge in [0.2, 0.25) is 10.0 Å². The molecule has 1 atom stereocenters. The van der Waals surface area contributed by atoms with Crippen molar-refractivity contribution in [2.45, 2.75) is 12.5 Å². The minimum Gasteiger partial charge on any atom is -0.497 e. The fraction of sp³-hybridized carbons (Fsp3) is 0.278. The number of hydrogen-bond acceptors (Lipinski definition) is 5. The lowest BCUT2D eigenvalue weighted by Crippen LogP contribution is -2.25. The van der Waals surface area contributed by atoms with Crippen LogP contribution in [0.2, 0.25) is 0 Å². The van der Waals surface area contributed by atoms with Gasteiger partial charge in [0, 0.05) is 12.0 Å². The maximum Gasteiger partial charge on any atom is 0.247 e. The largest absolute Gasteiger partial charge is 0.497 e. The van der Waals surface area contributed by atoms with Gasteiger partial charge in [0.1, 0.15) is 11.5 Å². The second-order valence-electron chi connectivity index (χ2n) is 5.81. The van der Waals surface area contributed by atoms with E-state index in [0.717, 1.165) is 16.9 Å². The molecule has 0 aliphatic carbocycles. The van der Waals surface area contributed by atoms with Crippen molar-refractivity contribution in [3.8, 4) is 11.5 Å². The molecule has 1 unspecified atom stereocenters. The van der Waals surface area contributed by atoms with Crippen LogP contribution in [-0.2, 0) is 10.0 Å². The van der Waals surface area contributed by atoms with E-state index in [1.165, 1.54) is 10.7 Å². The number of benzene rings is 2. The standard InChI is InChI=1S/C18H20N2O4S/c1-23-15-9-7-13(8-10-15)18-12-17(19-20(18)25(3,21)22)14-5-4-6-16(11-14)24-2/h4-11,18H,12H2,1-3H3. The lowest BCUT2D eigenvalue weighted by Gasteiger charge is -2.21. The van der Waals surface area contributed by atoms with Crippen LogP contribution in [0.3, 0.4) is 0 Å². The van der Waals surface area contributed by atoms with E-state index in [9.17, 15) is 8.42 Å². The van der Waals surface area contributed by atoms with Gasteiger partial charge in [-0.15, -0.1) is 0 Å². The number of rotatable bonds is 5. The molecule has 0 saturated heterocycles. The van der Waals surface area contributed by atoms with Crippen LogP contribution in [0.15, 0.2) is 53.6 Å². The molecule has 0 spiro atoms. The van der Waals surface area contributed by atoms with Crippen molar-refractivity contribution in [2.24, 2.45) is 5.10 Å². The van der Waals surface area contributed by atoms with Gasteiger partial charge in [0.05, 0.1) is 32.2 Å². The van der Waals surface area contributed by atoms with Crippen LogP contribution in [0.1, 0.15) is 23.6 Å². The quantitative estimate of drug-likeness (QED) is 0.822. The molecule has 2 aromatic rings. The molecule has 1 aliphatic heterocycles. The van der Waals surface area contributed by atoms with Crippen LogP contribution < -0.4 is 9.47 Å². The molecule has 0 aromatic heterocycles. The molecule has 1 heterocycles. The Labute approximate surface area is 147 Å². The predicted octanol–water partition coefficient (Wildman–Crippen LogP) is 2.81. The normalized spacial score (nSPS) is 17.3. The Morgan fingerprint density at radius 1 is 1.04 bits per heavy atom. The number of hydrazone groups is 1. The number of nitrogens with zero attached hydrogens (tertiary/aromatic N) is 2. The van der Waals surface area contributed by atoms with E-state index in [1.54, 1.807) is 14.2 Å². The summed E-state index contributed by atoms with van der Waals surface area (Å²) in [6.45, 7) is 0. The maximum atomic E-state index is 12.2. The molecule has 2 aromatic carbocycles. The molecule has 1 aliphatic rings. The summed E-state index contributed by atoms with van der Waals surface area (Å²) < 4.78 is 36.0. The topological polar surface area (TPSA) is 68.2 Å². The van der Waals surface area contributed by atoms with E-state index in [1.807, 2.05) is 48.5 Å². The van der Waals surface area contributed by atoms with Gasteiger partial charge < -0.3 is 9.47 Å². The lowest BCUT2D eigenvalue weighted by molar-refractivity contribution is 0.374. The summed E-state index contributed by atoms with van der Waals surface area (Å²) in [5.41, 5.74) is 2.43. The average Bonchev–Trinajstić information content (AvgIpc) is 3.08. The summed E-state index contributed by atoms with van der Waals surface area (Å²) in [5.74, 6) is 1.43. The van der Waals surface area contributed by atoms with Gasteiger partial charge >= 0.3 is 0 Å². The molecule has 7 heteroatoms. The summed E-state index contributed by atoms with van der Waals surface area (Å²) in [4.78, 5) is 0. The zero-order valence-corrected chi connectivity index (χ0v) is 15.2. The van der Waals surface area contributed by atoms with Crippen molar-refractivity contribution in [2.75, 3.05) is 20.5 Å². The molecule has 0 saturated carbocycles. The van der Waals surface area contributed by atoms with Crippen molar-refractivity contribution in [1.29, 1.82) is 0 Å². The first-order chi connectivity index (χ1) is 11.9. The van der Waals surface area contributed by atoms with Gasteiger partial charge in [-0.05, 0) is 29.8 Å². The fourth-order valence-corrected chi connectivity index (χ4v) is 3.75. The minimum atomic E-state index is -3.49. The van der Waals surface area contributed by atoms with Crippen molar-refractivity contribution >= 4 is 15.7 Å². The Balaban J connectivity index is 1.97. The number of hydrogen-bond donors (Lipinski definition) is 0. The zero-order valence-electron chi connectivity index (χ0n) is 14.3. The van der Waals surface area contributed by atoms with Gasteiger partial charge in [-0.1, -0.05) is 24.3 Å². The van der Waals surface area contributed by atoms with E-state index < -0.39 is 10.0 Å². The SMILES string of the molecule is COc1ccc(C2CC(c3cccc(OC)c3)=NN2S(C)(=O)=O)cc1. The van der Waals surface area contributed by atoms with Gasteiger partial charge in [-0.3, -0.25) is 0 Å². The first-order valence-electron chi connectivity index (χ1n) is 7.77. The second-order valence-corrected chi connectivity index (χ2v) is 7.65. The predicted molar refractivity (Wildman–Crippen MR) is 96.6 cm³/mol. The number of methoxy groups -OCH3 is 2. The first-order valence-corrected chi connectivity index (χ1v) is 9.62. The third kappa shape index (κ3) is 3.61. The highest BCUT2D eigenvalue weighted by Crippen LogP contribution is 2.35. The molecule has 0 bridgehead atoms. The molecule has 0 amide bonds. The Bertz CT molecular complexity index is 892. The van der Waals surface area contributed by atoms with E-state index in [-0.39, 0.29) is 6.04 Å². The highest BCUT2D eigenvalue weighted by atomic mass is 32.2. The fourth-order valence-electron chi connectivity index (χ4n) is 2.85. The number of ether oxygens (including phenoxy) is 2. The van der Waals surface area contributed by atoms with Gasteiger partial charge in [0.15, 0.2) is 0 Å². The van der Waals surface area contributed by atoms with E-state index in [2.05, 4.69) is 5.10 Å². The van der Waals surface area contributed by atoms with Crippen LogP contribution in [0.25, 0.3) is 0 Å². The van der Waals surface area contributed by atoms with Gasteiger partial charge in [-0.2, -0.15) is 9.52 Å². The zero-order chi connectivity index (χ0) is 18.0. The molecule has 3 rings (SSSR count). The molecule has 0 N–H and O–H groups in total. The third-order valence-corrected chi connectivity index (χ3v) is 5.13. The molecule has 0 radical (unpaired) electrons. The van der Waals surface area contributed by atoms with E-state index in [4.69, 9.17) is 9.47 Å². The smallest absolute Gasteiger partial charge is 0.247 e. The van der Waals surface area contributed by atoms with Crippen molar-refractivity contribution in [3.05, 3.63) is 59.7 Å². The monoisotopic (exact) mass is 360 g/mol. The van der Waals surface area contributed by atoms with E-state index in [0.29, 0.717) is 17.9 Å². The van der Waals surface area contributed by atoms with Crippen LogP contribution >= 0.6 is 0 Å². The molecular weight excluding hydrogens is 340 g/mol. The molecule has 25 heavy (non-hydrogen) atoms. The summed E-state index contributed by atoms with van der Waals surface area (Å²) in [5, 5.41) is 4.38. The van der Waals surface area contributed by atoms with E-state index >= 15 is 0 Å². The molecule has 132 valence electrons. The van der Waals surface area contributed by atoms with Gasteiger partial charge in [0.25, 0.3) is 0 Å².